The second-order valence-electron chi connectivity index (χ2n) is 5.85. The van der Waals surface area contributed by atoms with Crippen molar-refractivity contribution in [3.63, 3.8) is 0 Å². The van der Waals surface area contributed by atoms with Gasteiger partial charge >= 0.3 is 5.97 Å². The Morgan fingerprint density at radius 2 is 1.74 bits per heavy atom. The molecule has 0 amide bonds. The molecule has 132 valence electrons. The van der Waals surface area contributed by atoms with Crippen LogP contribution in [0.15, 0.2) is 72.3 Å². The molecule has 0 aromatic heterocycles. The Morgan fingerprint density at radius 3 is 2.48 bits per heavy atom. The van der Waals surface area contributed by atoms with Gasteiger partial charge in [-0.1, -0.05) is 54.6 Å². The average molecular weight is 355 g/mol. The van der Waals surface area contributed by atoms with Gasteiger partial charge in [-0.3, -0.25) is 4.79 Å². The zero-order valence-electron chi connectivity index (χ0n) is 14.8. The van der Waals surface area contributed by atoms with Gasteiger partial charge in [-0.05, 0) is 41.0 Å². The van der Waals surface area contributed by atoms with E-state index in [1.54, 1.807) is 31.2 Å². The zero-order valence-corrected chi connectivity index (χ0v) is 14.8. The number of rotatable bonds is 5. The number of nitrogens with zero attached hydrogens (tertiary/aromatic N) is 1. The predicted molar refractivity (Wildman–Crippen MR) is 104 cm³/mol. The van der Waals surface area contributed by atoms with Crippen LogP contribution in [0.25, 0.3) is 16.3 Å². The summed E-state index contributed by atoms with van der Waals surface area (Å²) in [5, 5.41) is 11.4. The first-order chi connectivity index (χ1) is 13.2. The van der Waals surface area contributed by atoms with E-state index in [0.717, 1.165) is 16.3 Å². The fraction of sp³-hybridized carbons (Fsp3) is 0.0870. The Kier molecular flexibility index (Phi) is 5.44. The van der Waals surface area contributed by atoms with E-state index in [2.05, 4.69) is 0 Å². The first-order valence-electron chi connectivity index (χ1n) is 8.54. The molecule has 4 nitrogen and oxygen atoms in total. The minimum atomic E-state index is -0.443. The summed E-state index contributed by atoms with van der Waals surface area (Å²) >= 11 is 0. The Bertz CT molecular complexity index is 1080. The molecule has 0 atom stereocenters. The van der Waals surface area contributed by atoms with Gasteiger partial charge in [0, 0.05) is 5.57 Å². The lowest BCUT2D eigenvalue weighted by atomic mass is 9.89. The zero-order chi connectivity index (χ0) is 19.2. The van der Waals surface area contributed by atoms with E-state index in [1.165, 1.54) is 0 Å². The van der Waals surface area contributed by atoms with E-state index in [-0.39, 0.29) is 12.2 Å². The normalized spacial score (nSPS) is 11.4. The molecule has 3 aromatic rings. The number of aldehydes is 1. The summed E-state index contributed by atoms with van der Waals surface area (Å²) in [5.41, 5.74) is 2.25. The van der Waals surface area contributed by atoms with Crippen molar-refractivity contribution in [2.45, 2.75) is 6.92 Å². The number of fused-ring (bicyclic) bond motifs is 1. The van der Waals surface area contributed by atoms with E-state index in [9.17, 15) is 14.9 Å². The number of benzene rings is 3. The third-order valence-corrected chi connectivity index (χ3v) is 4.23. The largest absolute Gasteiger partial charge is 0.462 e. The number of carbonyl (C=O) groups is 2. The Morgan fingerprint density at radius 1 is 1.04 bits per heavy atom. The van der Waals surface area contributed by atoms with Crippen LogP contribution in [0.2, 0.25) is 0 Å². The van der Waals surface area contributed by atoms with Crippen LogP contribution in [-0.2, 0) is 9.53 Å². The molecule has 0 aliphatic carbocycles. The lowest BCUT2D eigenvalue weighted by molar-refractivity contribution is -0.104. The highest BCUT2D eigenvalue weighted by Gasteiger charge is 2.16. The maximum absolute atomic E-state index is 12.1. The Hall–Kier alpha value is -3.71. The maximum Gasteiger partial charge on any atom is 0.338 e. The molecule has 27 heavy (non-hydrogen) atoms. The molecule has 0 unspecified atom stereocenters. The van der Waals surface area contributed by atoms with Crippen molar-refractivity contribution in [2.24, 2.45) is 0 Å². The van der Waals surface area contributed by atoms with Crippen LogP contribution in [0.1, 0.15) is 28.4 Å². The second kappa shape index (κ2) is 8.11. The third-order valence-electron chi connectivity index (χ3n) is 4.23. The molecule has 3 rings (SSSR count). The van der Waals surface area contributed by atoms with Gasteiger partial charge in [-0.15, -0.1) is 0 Å². The first-order valence-corrected chi connectivity index (χ1v) is 8.54. The van der Waals surface area contributed by atoms with Crippen LogP contribution < -0.4 is 0 Å². The number of ether oxygens (including phenoxy) is 1. The Balaban J connectivity index is 2.28. The summed E-state index contributed by atoms with van der Waals surface area (Å²) in [5.74, 6) is -0.443. The van der Waals surface area contributed by atoms with Crippen molar-refractivity contribution < 1.29 is 14.3 Å². The van der Waals surface area contributed by atoms with Crippen LogP contribution in [-0.4, -0.2) is 18.9 Å². The summed E-state index contributed by atoms with van der Waals surface area (Å²) in [7, 11) is 0. The van der Waals surface area contributed by atoms with Gasteiger partial charge < -0.3 is 4.74 Å². The highest BCUT2D eigenvalue weighted by Crippen LogP contribution is 2.32. The van der Waals surface area contributed by atoms with Crippen molar-refractivity contribution in [3.05, 3.63) is 89.0 Å². The summed E-state index contributed by atoms with van der Waals surface area (Å²) < 4.78 is 5.06. The number of esters is 1. The van der Waals surface area contributed by atoms with Crippen molar-refractivity contribution in [1.82, 2.24) is 0 Å². The van der Waals surface area contributed by atoms with Gasteiger partial charge in [-0.25, -0.2) is 4.79 Å². The molecular formula is C23H17NO3. The molecule has 4 heteroatoms. The summed E-state index contributed by atoms with van der Waals surface area (Å²) in [4.78, 5) is 23.7. The molecule has 0 spiro atoms. The molecule has 0 radical (unpaired) electrons. The summed E-state index contributed by atoms with van der Waals surface area (Å²) in [6.45, 7) is 2.01. The SMILES string of the molecule is CCOC(=O)c1cccc(/C(=C(/C#N)C=O)c2cccc3ccccc23)c1. The second-order valence-corrected chi connectivity index (χ2v) is 5.85. The van der Waals surface area contributed by atoms with Crippen molar-refractivity contribution in [1.29, 1.82) is 5.26 Å². The number of carbonyl (C=O) groups excluding carboxylic acids is 2. The summed E-state index contributed by atoms with van der Waals surface area (Å²) in [6.07, 6.45) is 0.550. The van der Waals surface area contributed by atoms with E-state index >= 15 is 0 Å². The molecular weight excluding hydrogens is 338 g/mol. The van der Waals surface area contributed by atoms with Gasteiger partial charge in [0.2, 0.25) is 0 Å². The standard InChI is InChI=1S/C23H17NO3/c1-2-27-23(26)18-10-5-9-17(13-18)22(19(14-24)15-25)21-12-6-8-16-7-3-4-11-20(16)21/h3-13,15H,2H2,1H3/b22-19+. The number of hydrogen-bond donors (Lipinski definition) is 0. The third kappa shape index (κ3) is 3.63. The molecule has 0 bridgehead atoms. The molecule has 0 fully saturated rings. The van der Waals surface area contributed by atoms with E-state index < -0.39 is 5.97 Å². The highest BCUT2D eigenvalue weighted by atomic mass is 16.5. The monoisotopic (exact) mass is 355 g/mol. The lowest BCUT2D eigenvalue weighted by Gasteiger charge is -2.13. The van der Waals surface area contributed by atoms with Gasteiger partial charge in [0.25, 0.3) is 0 Å². The van der Waals surface area contributed by atoms with E-state index in [0.29, 0.717) is 23.0 Å². The minimum Gasteiger partial charge on any atom is -0.462 e. The molecule has 0 saturated carbocycles. The maximum atomic E-state index is 12.1. The number of nitriles is 1. The van der Waals surface area contributed by atoms with Crippen LogP contribution in [0, 0.1) is 11.3 Å². The van der Waals surface area contributed by atoms with Crippen molar-refractivity contribution in [3.8, 4) is 6.07 Å². The molecule has 0 N–H and O–H groups in total. The fourth-order valence-electron chi connectivity index (χ4n) is 3.06. The minimum absolute atomic E-state index is 0.00682. The first kappa shape index (κ1) is 18.1. The van der Waals surface area contributed by atoms with Crippen LogP contribution in [0.4, 0.5) is 0 Å². The molecule has 0 saturated heterocycles. The van der Waals surface area contributed by atoms with Gasteiger partial charge in [0.1, 0.15) is 11.6 Å². The van der Waals surface area contributed by atoms with Crippen molar-refractivity contribution in [2.75, 3.05) is 6.61 Å². The topological polar surface area (TPSA) is 67.2 Å². The number of allylic oxidation sites excluding steroid dienone is 1. The van der Waals surface area contributed by atoms with Gasteiger partial charge in [-0.2, -0.15) is 5.26 Å². The lowest BCUT2D eigenvalue weighted by Crippen LogP contribution is -2.05. The predicted octanol–water partition coefficient (Wildman–Crippen LogP) is 4.54. The summed E-state index contributed by atoms with van der Waals surface area (Å²) in [6, 6.07) is 22.3. The molecule has 0 heterocycles. The van der Waals surface area contributed by atoms with E-state index in [4.69, 9.17) is 4.74 Å². The molecule has 3 aromatic carbocycles. The number of hydrogen-bond acceptors (Lipinski definition) is 4. The van der Waals surface area contributed by atoms with Crippen LogP contribution >= 0.6 is 0 Å². The van der Waals surface area contributed by atoms with Crippen LogP contribution in [0.3, 0.4) is 0 Å². The average Bonchev–Trinajstić information content (AvgIpc) is 2.72. The quantitative estimate of drug-likeness (QED) is 0.292. The fourth-order valence-corrected chi connectivity index (χ4v) is 3.06. The van der Waals surface area contributed by atoms with Gasteiger partial charge in [0.15, 0.2) is 6.29 Å². The smallest absolute Gasteiger partial charge is 0.338 e. The molecule has 0 aliphatic heterocycles. The van der Waals surface area contributed by atoms with E-state index in [1.807, 2.05) is 48.5 Å². The molecule has 0 aliphatic rings. The van der Waals surface area contributed by atoms with Crippen LogP contribution in [0.5, 0.6) is 0 Å². The highest BCUT2D eigenvalue weighted by molar-refractivity contribution is 6.05. The van der Waals surface area contributed by atoms with Crippen molar-refractivity contribution >= 4 is 28.6 Å². The van der Waals surface area contributed by atoms with Gasteiger partial charge in [0.05, 0.1) is 12.2 Å². The Labute approximate surface area is 157 Å².